The Balaban J connectivity index is 2.30. The van der Waals surface area contributed by atoms with E-state index >= 15 is 0 Å². The number of carbonyl (C=O) groups is 4. The zero-order chi connectivity index (χ0) is 29.9. The van der Waals surface area contributed by atoms with Crippen LogP contribution >= 0.6 is 0 Å². The highest BCUT2D eigenvalue weighted by molar-refractivity contribution is 5.86. The van der Waals surface area contributed by atoms with Crippen molar-refractivity contribution in [3.8, 4) is 0 Å². The van der Waals surface area contributed by atoms with Crippen LogP contribution in [0.4, 0.5) is 9.18 Å². The molecule has 1 aromatic rings. The molecule has 2 N–H and O–H groups in total. The van der Waals surface area contributed by atoms with Gasteiger partial charge in [0.05, 0.1) is 6.20 Å². The van der Waals surface area contributed by atoms with Gasteiger partial charge in [-0.3, -0.25) is 19.0 Å². The van der Waals surface area contributed by atoms with Gasteiger partial charge < -0.3 is 29.4 Å². The maximum atomic E-state index is 14.6. The predicted molar refractivity (Wildman–Crippen MR) is 130 cm³/mol. The van der Waals surface area contributed by atoms with E-state index in [-0.39, 0.29) is 4.57 Å². The van der Waals surface area contributed by atoms with Crippen LogP contribution in [0.2, 0.25) is 0 Å². The standard InChI is InChI=1S/C24H34FN3O11/c1-12(2)18(26-21(33)39-23(5,6)7)20(32)37-11-28-19(31)15(25)9-27(22(28)34)17-8-24(35,13(3)29)16(38-17)10-36-14(4)30/h9,12,16-18,35H,8,10-11H2,1-7H3,(H,26,33)/t16-,17-,18+,24-/m1/s1. The van der Waals surface area contributed by atoms with Crippen molar-refractivity contribution in [1.82, 2.24) is 14.5 Å². The zero-order valence-electron chi connectivity index (χ0n) is 22.8. The normalized spacial score (nSPS) is 21.8. The number of nitrogens with one attached hydrogen (secondary N) is 1. The summed E-state index contributed by atoms with van der Waals surface area (Å²) in [5.74, 6) is -4.41. The number of aliphatic hydroxyl groups is 1. The summed E-state index contributed by atoms with van der Waals surface area (Å²) in [5.41, 5.74) is -5.62. The summed E-state index contributed by atoms with van der Waals surface area (Å²) in [6.45, 7) is 8.69. The molecule has 0 saturated carbocycles. The third kappa shape index (κ3) is 7.72. The van der Waals surface area contributed by atoms with Crippen LogP contribution in [0.1, 0.15) is 61.1 Å². The second-order valence-electron chi connectivity index (χ2n) is 10.4. The number of Topliss-reactive ketones (excluding diaryl/α,β-unsaturated/α-hetero) is 1. The first-order chi connectivity index (χ1) is 17.9. The largest absolute Gasteiger partial charge is 0.463 e. The van der Waals surface area contributed by atoms with Crippen molar-refractivity contribution in [2.45, 2.75) is 91.2 Å². The molecule has 1 aliphatic rings. The lowest BCUT2D eigenvalue weighted by molar-refractivity contribution is -0.157. The minimum atomic E-state index is -2.18. The van der Waals surface area contributed by atoms with Crippen molar-refractivity contribution in [2.24, 2.45) is 5.92 Å². The summed E-state index contributed by atoms with van der Waals surface area (Å²) in [4.78, 5) is 73.6. The van der Waals surface area contributed by atoms with E-state index in [4.69, 9.17) is 18.9 Å². The highest BCUT2D eigenvalue weighted by atomic mass is 19.1. The third-order valence-electron chi connectivity index (χ3n) is 5.78. The van der Waals surface area contributed by atoms with Gasteiger partial charge in [-0.2, -0.15) is 4.39 Å². The number of hydrogen-bond donors (Lipinski definition) is 2. The van der Waals surface area contributed by atoms with E-state index in [9.17, 15) is 38.3 Å². The molecule has 4 atom stereocenters. The van der Waals surface area contributed by atoms with Crippen LogP contribution in [-0.2, 0) is 40.1 Å². The number of rotatable bonds is 9. The number of ether oxygens (including phenoxy) is 4. The summed E-state index contributed by atoms with van der Waals surface area (Å²) >= 11 is 0. The van der Waals surface area contributed by atoms with E-state index < -0.39 is 96.1 Å². The van der Waals surface area contributed by atoms with Gasteiger partial charge in [0.2, 0.25) is 5.82 Å². The van der Waals surface area contributed by atoms with E-state index in [0.717, 1.165) is 13.8 Å². The molecule has 0 aliphatic carbocycles. The number of esters is 2. The van der Waals surface area contributed by atoms with E-state index in [2.05, 4.69) is 5.32 Å². The lowest BCUT2D eigenvalue weighted by Gasteiger charge is -2.24. The Morgan fingerprint density at radius 1 is 1.21 bits per heavy atom. The Kier molecular flexibility index (Phi) is 9.79. The average Bonchev–Trinajstić information content (AvgIpc) is 3.14. The molecule has 218 valence electrons. The van der Waals surface area contributed by atoms with Gasteiger partial charge in [-0.05, 0) is 33.6 Å². The molecular formula is C24H34FN3O11. The predicted octanol–water partition coefficient (Wildman–Crippen LogP) is 0.370. The lowest BCUT2D eigenvalue weighted by atomic mass is 9.91. The molecule has 14 nitrogen and oxygen atoms in total. The molecule has 39 heavy (non-hydrogen) atoms. The van der Waals surface area contributed by atoms with Gasteiger partial charge in [0.25, 0.3) is 5.56 Å². The van der Waals surface area contributed by atoms with E-state index in [1.807, 2.05) is 0 Å². The molecule has 1 aliphatic heterocycles. The van der Waals surface area contributed by atoms with E-state index in [1.165, 1.54) is 0 Å². The van der Waals surface area contributed by atoms with Gasteiger partial charge in [0.1, 0.15) is 30.6 Å². The second kappa shape index (κ2) is 12.1. The summed E-state index contributed by atoms with van der Waals surface area (Å²) < 4.78 is 36.0. The number of hydrogen-bond acceptors (Lipinski definition) is 11. The molecule has 1 saturated heterocycles. The molecule has 0 unspecified atom stereocenters. The number of amides is 1. The SMILES string of the molecule is CC(=O)OC[C@H]1O[C@@H](n2cc(F)c(=O)n(COC(=O)[C@@H](NC(=O)OC(C)(C)C)C(C)C)c2=O)C[C@@]1(O)C(C)=O. The van der Waals surface area contributed by atoms with Crippen molar-refractivity contribution in [2.75, 3.05) is 6.61 Å². The molecule has 1 amide bonds. The number of aromatic nitrogens is 2. The van der Waals surface area contributed by atoms with E-state index in [1.54, 1.807) is 34.6 Å². The van der Waals surface area contributed by atoms with Gasteiger partial charge in [-0.15, -0.1) is 0 Å². The van der Waals surface area contributed by atoms with E-state index in [0.29, 0.717) is 10.8 Å². The number of ketones is 1. The lowest BCUT2D eigenvalue weighted by Crippen LogP contribution is -2.48. The van der Waals surface area contributed by atoms with Gasteiger partial charge in [-0.1, -0.05) is 13.8 Å². The van der Waals surface area contributed by atoms with Crippen molar-refractivity contribution in [1.29, 1.82) is 0 Å². The summed E-state index contributed by atoms with van der Waals surface area (Å²) in [6, 6.07) is -1.22. The Morgan fingerprint density at radius 2 is 1.82 bits per heavy atom. The van der Waals surface area contributed by atoms with Crippen molar-refractivity contribution >= 4 is 23.8 Å². The zero-order valence-corrected chi connectivity index (χ0v) is 22.8. The molecule has 0 aromatic carbocycles. The average molecular weight is 560 g/mol. The maximum Gasteiger partial charge on any atom is 0.408 e. The number of carbonyl (C=O) groups excluding carboxylic acids is 4. The van der Waals surface area contributed by atoms with Crippen molar-refractivity contribution < 1.29 is 47.6 Å². The first kappa shape index (κ1) is 31.6. The summed E-state index contributed by atoms with van der Waals surface area (Å²) in [5, 5.41) is 13.2. The Hall–Kier alpha value is -3.59. The molecule has 0 spiro atoms. The van der Waals surface area contributed by atoms with Gasteiger partial charge in [0, 0.05) is 13.3 Å². The van der Waals surface area contributed by atoms with Crippen LogP contribution in [0.3, 0.4) is 0 Å². The molecule has 0 bridgehead atoms. The summed E-state index contributed by atoms with van der Waals surface area (Å²) in [7, 11) is 0. The highest BCUT2D eigenvalue weighted by Gasteiger charge is 2.52. The molecule has 1 aromatic heterocycles. The van der Waals surface area contributed by atoms with Crippen LogP contribution in [0, 0.1) is 11.7 Å². The first-order valence-electron chi connectivity index (χ1n) is 12.1. The molecule has 2 heterocycles. The first-order valence-corrected chi connectivity index (χ1v) is 12.1. The Bertz CT molecular complexity index is 1230. The Labute approximate surface area is 223 Å². The minimum Gasteiger partial charge on any atom is -0.463 e. The maximum absolute atomic E-state index is 14.6. The summed E-state index contributed by atoms with van der Waals surface area (Å²) in [6.07, 6.45) is -3.73. The van der Waals surface area contributed by atoms with Crippen LogP contribution in [0.25, 0.3) is 0 Å². The van der Waals surface area contributed by atoms with Gasteiger partial charge >= 0.3 is 23.7 Å². The highest BCUT2D eigenvalue weighted by Crippen LogP contribution is 2.37. The quantitative estimate of drug-likeness (QED) is 0.315. The van der Waals surface area contributed by atoms with Crippen LogP contribution < -0.4 is 16.6 Å². The number of alkyl carbamates (subject to hydrolysis) is 1. The smallest absolute Gasteiger partial charge is 0.408 e. The fourth-order valence-corrected chi connectivity index (χ4v) is 3.71. The third-order valence-corrected chi connectivity index (χ3v) is 5.78. The monoisotopic (exact) mass is 559 g/mol. The van der Waals surface area contributed by atoms with Gasteiger partial charge in [-0.25, -0.2) is 19.0 Å². The second-order valence-corrected chi connectivity index (χ2v) is 10.4. The molecule has 0 radical (unpaired) electrons. The molecule has 15 heteroatoms. The number of halogens is 1. The topological polar surface area (TPSA) is 181 Å². The molecule has 1 fully saturated rings. The molecule has 2 rings (SSSR count). The van der Waals surface area contributed by atoms with Crippen LogP contribution in [-0.4, -0.2) is 68.0 Å². The Morgan fingerprint density at radius 3 is 2.33 bits per heavy atom. The van der Waals surface area contributed by atoms with Gasteiger partial charge in [0.15, 0.2) is 18.1 Å². The minimum absolute atomic E-state index is 0.272. The fourth-order valence-electron chi connectivity index (χ4n) is 3.71. The van der Waals surface area contributed by atoms with Crippen LogP contribution in [0.15, 0.2) is 15.8 Å². The fraction of sp³-hybridized carbons (Fsp3) is 0.667. The van der Waals surface area contributed by atoms with Crippen molar-refractivity contribution in [3.63, 3.8) is 0 Å². The van der Waals surface area contributed by atoms with Crippen LogP contribution in [0.5, 0.6) is 0 Å². The molecular weight excluding hydrogens is 525 g/mol. The van der Waals surface area contributed by atoms with Crippen molar-refractivity contribution in [3.05, 3.63) is 32.9 Å². The number of nitrogens with zero attached hydrogens (tertiary/aromatic N) is 2.